The van der Waals surface area contributed by atoms with Crippen molar-refractivity contribution in [2.75, 3.05) is 6.54 Å². The fraction of sp³-hybridized carbons (Fsp3) is 0.562. The highest BCUT2D eigenvalue weighted by atomic mass is 16.2. The molecule has 1 amide bonds. The van der Waals surface area contributed by atoms with Gasteiger partial charge in [0.1, 0.15) is 0 Å². The summed E-state index contributed by atoms with van der Waals surface area (Å²) < 4.78 is 0. The first kappa shape index (κ1) is 14.1. The molecule has 19 heavy (non-hydrogen) atoms. The Bertz CT molecular complexity index is 458. The first-order valence-corrected chi connectivity index (χ1v) is 7.16. The van der Waals surface area contributed by atoms with Crippen molar-refractivity contribution in [3.63, 3.8) is 0 Å². The van der Waals surface area contributed by atoms with Crippen molar-refractivity contribution in [1.82, 2.24) is 4.90 Å². The van der Waals surface area contributed by atoms with E-state index in [1.165, 1.54) is 11.1 Å². The number of aryl methyl sites for hydroxylation is 1. The lowest BCUT2D eigenvalue weighted by molar-refractivity contribution is -0.133. The highest BCUT2D eigenvalue weighted by Crippen LogP contribution is 2.33. The molecule has 104 valence electrons. The summed E-state index contributed by atoms with van der Waals surface area (Å²) in [7, 11) is 0. The van der Waals surface area contributed by atoms with E-state index >= 15 is 0 Å². The molecule has 3 heteroatoms. The average molecular weight is 260 g/mol. The third kappa shape index (κ3) is 2.81. The topological polar surface area (TPSA) is 46.3 Å². The third-order valence-corrected chi connectivity index (χ3v) is 4.24. The van der Waals surface area contributed by atoms with Gasteiger partial charge in [-0.05, 0) is 37.8 Å². The lowest BCUT2D eigenvalue weighted by Crippen LogP contribution is -2.45. The van der Waals surface area contributed by atoms with E-state index in [9.17, 15) is 4.79 Å². The van der Waals surface area contributed by atoms with Crippen LogP contribution < -0.4 is 5.73 Å². The second-order valence-electron chi connectivity index (χ2n) is 5.64. The summed E-state index contributed by atoms with van der Waals surface area (Å²) in [5, 5.41) is 0. The Morgan fingerprint density at radius 3 is 2.79 bits per heavy atom. The molecule has 2 N–H and O–H groups in total. The zero-order chi connectivity index (χ0) is 14.0. The zero-order valence-electron chi connectivity index (χ0n) is 12.1. The van der Waals surface area contributed by atoms with Crippen LogP contribution in [0.2, 0.25) is 0 Å². The standard InChI is InChI=1S/C16H24N2O/c1-4-15(17)16(19)18-10-13(9-12(18)3)14-8-6-5-7-11(14)2/h5-8,12-13,15H,4,9-10,17H2,1-3H3/t12-,13-,15-/m0/s1. The van der Waals surface area contributed by atoms with Crippen LogP contribution >= 0.6 is 0 Å². The molecule has 1 aliphatic rings. The Balaban J connectivity index is 2.14. The predicted molar refractivity (Wildman–Crippen MR) is 78.0 cm³/mol. The van der Waals surface area contributed by atoms with Gasteiger partial charge in [0.05, 0.1) is 6.04 Å². The molecule has 3 nitrogen and oxygen atoms in total. The molecule has 1 heterocycles. The molecule has 1 saturated heterocycles. The maximum Gasteiger partial charge on any atom is 0.239 e. The van der Waals surface area contributed by atoms with Gasteiger partial charge in [-0.25, -0.2) is 0 Å². The number of nitrogens with two attached hydrogens (primary N) is 1. The van der Waals surface area contributed by atoms with Crippen molar-refractivity contribution in [3.05, 3.63) is 35.4 Å². The molecular weight excluding hydrogens is 236 g/mol. The Morgan fingerprint density at radius 2 is 2.16 bits per heavy atom. The van der Waals surface area contributed by atoms with E-state index in [1.807, 2.05) is 11.8 Å². The van der Waals surface area contributed by atoms with Gasteiger partial charge in [-0.1, -0.05) is 31.2 Å². The number of hydrogen-bond acceptors (Lipinski definition) is 2. The van der Waals surface area contributed by atoms with Crippen molar-refractivity contribution in [3.8, 4) is 0 Å². The molecule has 0 unspecified atom stereocenters. The van der Waals surface area contributed by atoms with E-state index in [2.05, 4.69) is 38.1 Å². The highest BCUT2D eigenvalue weighted by molar-refractivity contribution is 5.82. The van der Waals surface area contributed by atoms with Gasteiger partial charge in [0.2, 0.25) is 5.91 Å². The molecule has 2 rings (SSSR count). The molecule has 0 radical (unpaired) electrons. The zero-order valence-corrected chi connectivity index (χ0v) is 12.1. The largest absolute Gasteiger partial charge is 0.338 e. The minimum Gasteiger partial charge on any atom is -0.338 e. The number of rotatable bonds is 3. The molecule has 0 aliphatic carbocycles. The van der Waals surface area contributed by atoms with Crippen LogP contribution in [0.5, 0.6) is 0 Å². The fourth-order valence-corrected chi connectivity index (χ4v) is 3.00. The van der Waals surface area contributed by atoms with Crippen LogP contribution in [0.1, 0.15) is 43.7 Å². The second-order valence-corrected chi connectivity index (χ2v) is 5.64. The monoisotopic (exact) mass is 260 g/mol. The van der Waals surface area contributed by atoms with Gasteiger partial charge in [-0.15, -0.1) is 0 Å². The molecule has 1 aliphatic heterocycles. The van der Waals surface area contributed by atoms with E-state index in [-0.39, 0.29) is 18.0 Å². The Kier molecular flexibility index (Phi) is 4.25. The van der Waals surface area contributed by atoms with Gasteiger partial charge in [-0.3, -0.25) is 4.79 Å². The van der Waals surface area contributed by atoms with Crippen LogP contribution in [0, 0.1) is 6.92 Å². The maximum absolute atomic E-state index is 12.2. The normalized spacial score (nSPS) is 24.5. The quantitative estimate of drug-likeness (QED) is 0.907. The van der Waals surface area contributed by atoms with Crippen molar-refractivity contribution in [2.24, 2.45) is 5.73 Å². The van der Waals surface area contributed by atoms with Gasteiger partial charge in [-0.2, -0.15) is 0 Å². The summed E-state index contributed by atoms with van der Waals surface area (Å²) in [6.07, 6.45) is 1.74. The Hall–Kier alpha value is -1.35. The molecule has 0 aromatic heterocycles. The van der Waals surface area contributed by atoms with E-state index in [1.54, 1.807) is 0 Å². The molecule has 0 saturated carbocycles. The number of nitrogens with zero attached hydrogens (tertiary/aromatic N) is 1. The Morgan fingerprint density at radius 1 is 1.47 bits per heavy atom. The highest BCUT2D eigenvalue weighted by Gasteiger charge is 2.35. The van der Waals surface area contributed by atoms with Crippen LogP contribution in [-0.4, -0.2) is 29.4 Å². The van der Waals surface area contributed by atoms with Crippen LogP contribution in [-0.2, 0) is 4.79 Å². The summed E-state index contributed by atoms with van der Waals surface area (Å²) in [5.41, 5.74) is 8.57. The molecular formula is C16H24N2O. The minimum absolute atomic E-state index is 0.103. The lowest BCUT2D eigenvalue weighted by Gasteiger charge is -2.24. The first-order chi connectivity index (χ1) is 9.04. The van der Waals surface area contributed by atoms with Crippen molar-refractivity contribution in [1.29, 1.82) is 0 Å². The molecule has 0 spiro atoms. The van der Waals surface area contributed by atoms with Gasteiger partial charge >= 0.3 is 0 Å². The van der Waals surface area contributed by atoms with E-state index in [0.717, 1.165) is 13.0 Å². The van der Waals surface area contributed by atoms with Crippen LogP contribution in [0.15, 0.2) is 24.3 Å². The molecule has 3 atom stereocenters. The molecule has 1 fully saturated rings. The molecule has 1 aromatic rings. The van der Waals surface area contributed by atoms with Gasteiger partial charge in [0.15, 0.2) is 0 Å². The molecule has 0 bridgehead atoms. The van der Waals surface area contributed by atoms with Gasteiger partial charge < -0.3 is 10.6 Å². The summed E-state index contributed by atoms with van der Waals surface area (Å²) in [6, 6.07) is 8.40. The van der Waals surface area contributed by atoms with E-state index in [0.29, 0.717) is 12.3 Å². The van der Waals surface area contributed by atoms with Crippen LogP contribution in [0.4, 0.5) is 0 Å². The minimum atomic E-state index is -0.349. The number of amides is 1. The Labute approximate surface area is 115 Å². The summed E-state index contributed by atoms with van der Waals surface area (Å²) in [6.45, 7) is 7.03. The van der Waals surface area contributed by atoms with Gasteiger partial charge in [0.25, 0.3) is 0 Å². The van der Waals surface area contributed by atoms with Crippen molar-refractivity contribution in [2.45, 2.75) is 51.6 Å². The second kappa shape index (κ2) is 5.74. The van der Waals surface area contributed by atoms with Crippen LogP contribution in [0.3, 0.4) is 0 Å². The maximum atomic E-state index is 12.2. The number of carbonyl (C=O) groups is 1. The van der Waals surface area contributed by atoms with Crippen molar-refractivity contribution >= 4 is 5.91 Å². The SMILES string of the molecule is CC[C@H](N)C(=O)N1C[C@@H](c2ccccc2C)C[C@@H]1C. The summed E-state index contributed by atoms with van der Waals surface area (Å²) in [4.78, 5) is 14.2. The number of likely N-dealkylation sites (tertiary alicyclic amines) is 1. The van der Waals surface area contributed by atoms with E-state index in [4.69, 9.17) is 5.73 Å². The van der Waals surface area contributed by atoms with Crippen LogP contribution in [0.25, 0.3) is 0 Å². The van der Waals surface area contributed by atoms with E-state index < -0.39 is 0 Å². The summed E-state index contributed by atoms with van der Waals surface area (Å²) >= 11 is 0. The van der Waals surface area contributed by atoms with Gasteiger partial charge in [0, 0.05) is 18.5 Å². The smallest absolute Gasteiger partial charge is 0.239 e. The van der Waals surface area contributed by atoms with Crippen molar-refractivity contribution < 1.29 is 4.79 Å². The predicted octanol–water partition coefficient (Wildman–Crippen LogP) is 2.44. The third-order valence-electron chi connectivity index (χ3n) is 4.24. The molecule has 1 aromatic carbocycles. The lowest BCUT2D eigenvalue weighted by atomic mass is 9.93. The fourth-order valence-electron chi connectivity index (χ4n) is 3.00. The summed E-state index contributed by atoms with van der Waals surface area (Å²) in [5.74, 6) is 0.551. The number of carbonyl (C=O) groups excluding carboxylic acids is 1. The first-order valence-electron chi connectivity index (χ1n) is 7.16. The average Bonchev–Trinajstić information content (AvgIpc) is 2.79. The number of benzene rings is 1. The number of hydrogen-bond donors (Lipinski definition) is 1.